The summed E-state index contributed by atoms with van der Waals surface area (Å²) in [6.07, 6.45) is 6.38. The minimum Gasteiger partial charge on any atom is -0.367 e. The fourth-order valence-electron chi connectivity index (χ4n) is 4.63. The number of aryl methyl sites for hydroxylation is 1. The Balaban J connectivity index is 1.50. The number of nitrogens with one attached hydrogen (secondary N) is 1. The zero-order valence-electron chi connectivity index (χ0n) is 23.5. The van der Waals surface area contributed by atoms with Gasteiger partial charge in [0.05, 0.1) is 23.1 Å². The van der Waals surface area contributed by atoms with Crippen molar-refractivity contribution in [2.45, 2.75) is 57.9 Å². The maximum absolute atomic E-state index is 14.4. The van der Waals surface area contributed by atoms with Gasteiger partial charge in [-0.15, -0.1) is 5.06 Å². The van der Waals surface area contributed by atoms with E-state index in [1.54, 1.807) is 29.5 Å². The molecule has 0 aliphatic carbocycles. The summed E-state index contributed by atoms with van der Waals surface area (Å²) in [5, 5.41) is 5.43. The fraction of sp³-hybridized carbons (Fsp3) is 0.379. The zero-order valence-corrected chi connectivity index (χ0v) is 24.3. The van der Waals surface area contributed by atoms with Crippen LogP contribution in [0.4, 0.5) is 10.2 Å². The van der Waals surface area contributed by atoms with Crippen LogP contribution in [0.5, 0.6) is 0 Å². The van der Waals surface area contributed by atoms with E-state index in [-0.39, 0.29) is 33.8 Å². The molecule has 1 saturated heterocycles. The lowest BCUT2D eigenvalue weighted by Gasteiger charge is -2.33. The number of fused-ring (bicyclic) bond motifs is 1. The quantitative estimate of drug-likeness (QED) is 0.328. The summed E-state index contributed by atoms with van der Waals surface area (Å²) < 4.78 is 42.4. The van der Waals surface area contributed by atoms with Crippen molar-refractivity contribution >= 4 is 32.8 Å². The van der Waals surface area contributed by atoms with E-state index >= 15 is 0 Å². The lowest BCUT2D eigenvalue weighted by atomic mass is 9.98. The molecule has 1 fully saturated rings. The smallest absolute Gasteiger partial charge is 0.330 e. The highest BCUT2D eigenvalue weighted by atomic mass is 32.2. The van der Waals surface area contributed by atoms with Gasteiger partial charge in [-0.25, -0.2) is 36.5 Å². The Morgan fingerprint density at radius 3 is 2.63 bits per heavy atom. The van der Waals surface area contributed by atoms with Gasteiger partial charge in [-0.3, -0.25) is 0 Å². The first-order chi connectivity index (χ1) is 19.5. The van der Waals surface area contributed by atoms with E-state index in [2.05, 4.69) is 15.3 Å². The fourth-order valence-corrected chi connectivity index (χ4v) is 5.98. The van der Waals surface area contributed by atoms with Gasteiger partial charge >= 0.3 is 5.97 Å². The van der Waals surface area contributed by atoms with Crippen molar-refractivity contribution in [3.63, 3.8) is 0 Å². The number of halogens is 1. The number of piperidine rings is 1. The highest BCUT2D eigenvalue weighted by molar-refractivity contribution is 7.90. The molecular formula is C29H33FN6O4S. The van der Waals surface area contributed by atoms with Crippen LogP contribution in [0.25, 0.3) is 22.4 Å². The van der Waals surface area contributed by atoms with Gasteiger partial charge in [0.1, 0.15) is 11.6 Å². The number of hydrogen-bond acceptors (Lipinski definition) is 9. The number of benzene rings is 1. The maximum Gasteiger partial charge on any atom is 0.330 e. The highest BCUT2D eigenvalue weighted by Gasteiger charge is 2.30. The SMILES string of the molecule is CCc1cnc(-c2cn(S(=O)(=O)c3ccccc3)c3ncc(F)cc23)nc1N[C@H]1CCCN(OC(=O)C(C)(C)C)C1. The Morgan fingerprint density at radius 2 is 1.93 bits per heavy atom. The number of carbonyl (C=O) groups excluding carboxylic acids is 1. The normalized spacial score (nSPS) is 16.6. The Kier molecular flexibility index (Phi) is 7.80. The third kappa shape index (κ3) is 5.94. The third-order valence-corrected chi connectivity index (χ3v) is 8.58. The summed E-state index contributed by atoms with van der Waals surface area (Å²) in [6.45, 7) is 8.55. The van der Waals surface area contributed by atoms with E-state index in [9.17, 15) is 17.6 Å². The molecule has 0 radical (unpaired) electrons. The number of pyridine rings is 1. The highest BCUT2D eigenvalue weighted by Crippen LogP contribution is 2.32. The third-order valence-electron chi connectivity index (χ3n) is 6.91. The zero-order chi connectivity index (χ0) is 29.4. The summed E-state index contributed by atoms with van der Waals surface area (Å²) in [5.41, 5.74) is 0.661. The standard InChI is InChI=1S/C29H33FN6O4S/c1-5-19-15-31-26(34-25(19)33-21-10-9-13-35(17-21)40-28(37)29(2,3)4)24-18-36(27-23(24)14-20(30)16-32-27)41(38,39)22-11-7-6-8-12-22/h6-8,11-12,14-16,18,21H,5,9-10,13,17H2,1-4H3,(H,31,33,34)/t21-/m0/s1. The van der Waals surface area contributed by atoms with Crippen molar-refractivity contribution < 1.29 is 22.4 Å². The van der Waals surface area contributed by atoms with Gasteiger partial charge < -0.3 is 10.2 Å². The molecule has 1 atom stereocenters. The summed E-state index contributed by atoms with van der Waals surface area (Å²) in [7, 11) is -4.02. The molecule has 4 heterocycles. The van der Waals surface area contributed by atoms with Crippen molar-refractivity contribution in [1.29, 1.82) is 0 Å². The molecule has 10 nitrogen and oxygen atoms in total. The maximum atomic E-state index is 14.4. The summed E-state index contributed by atoms with van der Waals surface area (Å²) in [4.78, 5) is 31.5. The molecule has 12 heteroatoms. The summed E-state index contributed by atoms with van der Waals surface area (Å²) in [5.74, 6) is -0.0812. The largest absolute Gasteiger partial charge is 0.367 e. The van der Waals surface area contributed by atoms with Crippen LogP contribution in [0.2, 0.25) is 0 Å². The lowest BCUT2D eigenvalue weighted by molar-refractivity contribution is -0.204. The van der Waals surface area contributed by atoms with Gasteiger partial charge in [-0.05, 0) is 58.2 Å². The van der Waals surface area contributed by atoms with Crippen molar-refractivity contribution in [2.75, 3.05) is 18.4 Å². The van der Waals surface area contributed by atoms with Crippen LogP contribution in [0.1, 0.15) is 46.1 Å². The van der Waals surface area contributed by atoms with Crippen LogP contribution < -0.4 is 5.32 Å². The molecule has 1 aromatic carbocycles. The first-order valence-electron chi connectivity index (χ1n) is 13.5. The predicted molar refractivity (Wildman–Crippen MR) is 153 cm³/mol. The molecular weight excluding hydrogens is 547 g/mol. The van der Waals surface area contributed by atoms with Gasteiger partial charge in [0, 0.05) is 41.5 Å². The van der Waals surface area contributed by atoms with Crippen molar-refractivity contribution in [1.82, 2.24) is 24.0 Å². The molecule has 3 aromatic heterocycles. The molecule has 1 aliphatic rings. The van der Waals surface area contributed by atoms with E-state index in [0.717, 1.165) is 28.6 Å². The monoisotopic (exact) mass is 580 g/mol. The summed E-state index contributed by atoms with van der Waals surface area (Å²) in [6, 6.07) is 9.16. The van der Waals surface area contributed by atoms with Gasteiger partial charge in [-0.1, -0.05) is 25.1 Å². The Hall–Kier alpha value is -3.90. The van der Waals surface area contributed by atoms with E-state index in [4.69, 9.17) is 9.82 Å². The van der Waals surface area contributed by atoms with Gasteiger partial charge in [0.2, 0.25) is 0 Å². The Labute approximate surface area is 238 Å². The molecule has 0 amide bonds. The number of carbonyl (C=O) groups is 1. The van der Waals surface area contributed by atoms with Gasteiger partial charge in [0.25, 0.3) is 10.0 Å². The van der Waals surface area contributed by atoms with Gasteiger partial charge in [-0.2, -0.15) is 0 Å². The minimum absolute atomic E-state index is 0.0523. The van der Waals surface area contributed by atoms with E-state index in [0.29, 0.717) is 30.9 Å². The summed E-state index contributed by atoms with van der Waals surface area (Å²) >= 11 is 0. The number of aromatic nitrogens is 4. The average Bonchev–Trinajstić information content (AvgIpc) is 3.32. The number of nitrogens with zero attached hydrogens (tertiary/aromatic N) is 5. The van der Waals surface area contributed by atoms with E-state index in [1.807, 2.05) is 27.7 Å². The second-order valence-electron chi connectivity index (χ2n) is 11.1. The number of hydrogen-bond donors (Lipinski definition) is 1. The van der Waals surface area contributed by atoms with Crippen LogP contribution in [0.15, 0.2) is 59.9 Å². The number of anilines is 1. The molecule has 0 saturated carbocycles. The van der Waals surface area contributed by atoms with Crippen LogP contribution in [0.3, 0.4) is 0 Å². The van der Waals surface area contributed by atoms with Crippen molar-refractivity contribution in [3.8, 4) is 11.4 Å². The molecule has 4 aromatic rings. The molecule has 0 bridgehead atoms. The molecule has 0 unspecified atom stereocenters. The van der Waals surface area contributed by atoms with Crippen LogP contribution in [-0.4, -0.2) is 57.5 Å². The average molecular weight is 581 g/mol. The first kappa shape index (κ1) is 28.6. The van der Waals surface area contributed by atoms with E-state index < -0.39 is 21.3 Å². The molecule has 0 spiro atoms. The second-order valence-corrected chi connectivity index (χ2v) is 12.9. The number of rotatable bonds is 7. The molecule has 41 heavy (non-hydrogen) atoms. The van der Waals surface area contributed by atoms with Gasteiger partial charge in [0.15, 0.2) is 11.5 Å². The number of hydroxylamine groups is 2. The first-order valence-corrected chi connectivity index (χ1v) is 15.0. The predicted octanol–water partition coefficient (Wildman–Crippen LogP) is 4.81. The topological polar surface area (TPSA) is 119 Å². The van der Waals surface area contributed by atoms with Crippen LogP contribution in [-0.2, 0) is 26.1 Å². The molecule has 216 valence electrons. The Morgan fingerprint density at radius 1 is 1.17 bits per heavy atom. The van der Waals surface area contributed by atoms with Crippen molar-refractivity contribution in [3.05, 3.63) is 66.4 Å². The molecule has 1 N–H and O–H groups in total. The minimum atomic E-state index is -4.02. The second kappa shape index (κ2) is 11.2. The molecule has 1 aliphatic heterocycles. The van der Waals surface area contributed by atoms with E-state index in [1.165, 1.54) is 24.4 Å². The molecule has 5 rings (SSSR count). The Bertz CT molecular complexity index is 1680. The van der Waals surface area contributed by atoms with Crippen molar-refractivity contribution in [2.24, 2.45) is 5.41 Å². The van der Waals surface area contributed by atoms with Crippen LogP contribution >= 0.6 is 0 Å². The lowest BCUT2D eigenvalue weighted by Crippen LogP contribution is -2.44. The van der Waals surface area contributed by atoms with Crippen LogP contribution in [0, 0.1) is 11.2 Å².